The molecule has 10 heteroatoms. The Morgan fingerprint density at radius 2 is 2.10 bits per heavy atom. The molecular weight excluding hydrogens is 385 g/mol. The molecule has 1 aliphatic heterocycles. The lowest BCUT2D eigenvalue weighted by molar-refractivity contribution is 0.292. The molecular formula is C19H21F3N6O. The summed E-state index contributed by atoms with van der Waals surface area (Å²) in [4.78, 5) is 6.22. The Morgan fingerprint density at radius 3 is 2.90 bits per heavy atom. The molecule has 0 bridgehead atoms. The molecule has 4 N–H and O–H groups in total. The molecule has 0 aliphatic carbocycles. The van der Waals surface area contributed by atoms with Gasteiger partial charge in [-0.1, -0.05) is 0 Å². The van der Waals surface area contributed by atoms with Gasteiger partial charge in [0.15, 0.2) is 11.5 Å². The highest BCUT2D eigenvalue weighted by Crippen LogP contribution is 2.38. The van der Waals surface area contributed by atoms with E-state index in [1.165, 1.54) is 4.52 Å². The van der Waals surface area contributed by atoms with Crippen LogP contribution < -0.4 is 16.0 Å². The van der Waals surface area contributed by atoms with Crippen molar-refractivity contribution >= 4 is 17.3 Å². The van der Waals surface area contributed by atoms with E-state index in [0.717, 1.165) is 18.2 Å². The maximum atomic E-state index is 14.3. The number of rotatable bonds is 6. The highest BCUT2D eigenvalue weighted by atomic mass is 19.1. The van der Waals surface area contributed by atoms with E-state index in [1.807, 2.05) is 0 Å². The van der Waals surface area contributed by atoms with E-state index in [0.29, 0.717) is 30.1 Å². The molecule has 1 aliphatic rings. The minimum Gasteiger partial charge on any atom is -0.395 e. The van der Waals surface area contributed by atoms with E-state index in [2.05, 4.69) is 15.4 Å². The first-order valence-electron chi connectivity index (χ1n) is 9.29. The zero-order valence-electron chi connectivity index (χ0n) is 15.5. The van der Waals surface area contributed by atoms with E-state index in [-0.39, 0.29) is 31.0 Å². The second-order valence-electron chi connectivity index (χ2n) is 6.99. The van der Waals surface area contributed by atoms with Crippen LogP contribution >= 0.6 is 0 Å². The Hall–Kier alpha value is -2.85. The first-order valence-corrected chi connectivity index (χ1v) is 9.29. The van der Waals surface area contributed by atoms with Crippen LogP contribution in [0.4, 0.5) is 24.8 Å². The molecule has 2 aromatic heterocycles. The molecule has 4 rings (SSSR count). The van der Waals surface area contributed by atoms with Gasteiger partial charge in [-0.05, 0) is 24.3 Å². The number of benzene rings is 1. The summed E-state index contributed by atoms with van der Waals surface area (Å²) in [6.07, 6.45) is 0.495. The second-order valence-corrected chi connectivity index (χ2v) is 6.99. The van der Waals surface area contributed by atoms with E-state index >= 15 is 0 Å². The quantitative estimate of drug-likeness (QED) is 0.542. The van der Waals surface area contributed by atoms with Crippen LogP contribution in [0.25, 0.3) is 5.65 Å². The highest BCUT2D eigenvalue weighted by Gasteiger charge is 2.36. The third-order valence-electron chi connectivity index (χ3n) is 5.05. The number of nitrogens with zero attached hydrogens (tertiary/aromatic N) is 4. The average Bonchev–Trinajstić information content (AvgIpc) is 3.23. The highest BCUT2D eigenvalue weighted by molar-refractivity contribution is 5.62. The standard InChI is InChI=1S/C19H21F3N6O/c20-11-1-2-15(22)13(7-11)16-8-12(21)10-27(16)17-3-5-28-19(25-17)14(18(23)26-28)9-24-4-6-29/h1-3,5,7,12,16,24,29H,4,6,8-10H2,(H2,23,26)/t12-,16+/m0/s1. The van der Waals surface area contributed by atoms with Gasteiger partial charge in [0, 0.05) is 31.3 Å². The van der Waals surface area contributed by atoms with Crippen LogP contribution in [0.3, 0.4) is 0 Å². The number of hydrogen-bond acceptors (Lipinski definition) is 6. The fraction of sp³-hybridized carbons (Fsp3) is 0.368. The lowest BCUT2D eigenvalue weighted by atomic mass is 10.0. The van der Waals surface area contributed by atoms with Gasteiger partial charge in [0.25, 0.3) is 0 Å². The maximum Gasteiger partial charge on any atom is 0.164 e. The van der Waals surface area contributed by atoms with Crippen LogP contribution in [-0.2, 0) is 6.54 Å². The summed E-state index contributed by atoms with van der Waals surface area (Å²) in [5.74, 6) is -0.445. The summed E-state index contributed by atoms with van der Waals surface area (Å²) in [6.45, 7) is 0.725. The summed E-state index contributed by atoms with van der Waals surface area (Å²) in [5.41, 5.74) is 7.20. The number of halogens is 3. The largest absolute Gasteiger partial charge is 0.395 e. The Bertz CT molecular complexity index is 1030. The Balaban J connectivity index is 1.72. The predicted octanol–water partition coefficient (Wildman–Crippen LogP) is 1.96. The first kappa shape index (κ1) is 19.5. The molecule has 0 amide bonds. The Morgan fingerprint density at radius 1 is 1.28 bits per heavy atom. The van der Waals surface area contributed by atoms with Crippen molar-refractivity contribution in [3.05, 3.63) is 53.2 Å². The monoisotopic (exact) mass is 406 g/mol. The van der Waals surface area contributed by atoms with Crippen molar-refractivity contribution in [2.24, 2.45) is 0 Å². The van der Waals surface area contributed by atoms with Crippen LogP contribution in [0.2, 0.25) is 0 Å². The molecule has 0 radical (unpaired) electrons. The summed E-state index contributed by atoms with van der Waals surface area (Å²) in [6, 6.07) is 4.16. The number of hydrogen-bond donors (Lipinski definition) is 3. The van der Waals surface area contributed by atoms with Gasteiger partial charge in [-0.3, -0.25) is 0 Å². The fourth-order valence-electron chi connectivity index (χ4n) is 3.71. The fourth-order valence-corrected chi connectivity index (χ4v) is 3.71. The number of anilines is 2. The van der Waals surface area contributed by atoms with Crippen molar-refractivity contribution < 1.29 is 18.3 Å². The number of aliphatic hydroxyl groups is 1. The number of nitrogens with two attached hydrogens (primary N) is 1. The third-order valence-corrected chi connectivity index (χ3v) is 5.05. The summed E-state index contributed by atoms with van der Waals surface area (Å²) in [7, 11) is 0. The van der Waals surface area contributed by atoms with E-state index in [4.69, 9.17) is 10.8 Å². The van der Waals surface area contributed by atoms with Crippen molar-refractivity contribution in [1.82, 2.24) is 19.9 Å². The van der Waals surface area contributed by atoms with Crippen LogP contribution in [-0.4, -0.2) is 45.6 Å². The molecule has 3 aromatic rings. The third kappa shape index (κ3) is 3.73. The van der Waals surface area contributed by atoms with Crippen LogP contribution in [0.15, 0.2) is 30.5 Å². The molecule has 0 spiro atoms. The molecule has 3 heterocycles. The van der Waals surface area contributed by atoms with E-state index < -0.39 is 23.8 Å². The zero-order chi connectivity index (χ0) is 20.5. The number of fused-ring (bicyclic) bond motifs is 1. The van der Waals surface area contributed by atoms with Gasteiger partial charge < -0.3 is 21.1 Å². The zero-order valence-corrected chi connectivity index (χ0v) is 15.5. The molecule has 1 saturated heterocycles. The Kier molecular flexibility index (Phi) is 5.29. The van der Waals surface area contributed by atoms with Gasteiger partial charge >= 0.3 is 0 Å². The summed E-state index contributed by atoms with van der Waals surface area (Å²) < 4.78 is 43.8. The lowest BCUT2D eigenvalue weighted by Gasteiger charge is -2.26. The maximum absolute atomic E-state index is 14.3. The van der Waals surface area contributed by atoms with Crippen molar-refractivity contribution in [3.63, 3.8) is 0 Å². The van der Waals surface area contributed by atoms with Gasteiger partial charge in [0.05, 0.1) is 24.8 Å². The van der Waals surface area contributed by atoms with Crippen LogP contribution in [0.1, 0.15) is 23.6 Å². The molecule has 1 aromatic carbocycles. The topological polar surface area (TPSA) is 91.7 Å². The number of alkyl halides is 1. The molecule has 0 unspecified atom stereocenters. The average molecular weight is 406 g/mol. The summed E-state index contributed by atoms with van der Waals surface area (Å²) in [5, 5.41) is 16.2. The SMILES string of the molecule is Nc1nn2ccc(N3C[C@@H](F)C[C@@H]3c3cc(F)ccc3F)nc2c1CNCCO. The smallest absolute Gasteiger partial charge is 0.164 e. The predicted molar refractivity (Wildman–Crippen MR) is 102 cm³/mol. The molecule has 1 fully saturated rings. The first-order chi connectivity index (χ1) is 14.0. The van der Waals surface area contributed by atoms with Gasteiger partial charge in [0.1, 0.15) is 23.6 Å². The van der Waals surface area contributed by atoms with Crippen molar-refractivity contribution in [3.8, 4) is 0 Å². The van der Waals surface area contributed by atoms with Gasteiger partial charge in [-0.25, -0.2) is 22.7 Å². The number of nitrogens with one attached hydrogen (secondary N) is 1. The van der Waals surface area contributed by atoms with E-state index in [1.54, 1.807) is 17.2 Å². The van der Waals surface area contributed by atoms with Gasteiger partial charge in [0.2, 0.25) is 0 Å². The van der Waals surface area contributed by atoms with Crippen molar-refractivity contribution in [2.45, 2.75) is 25.2 Å². The minimum absolute atomic E-state index is 0.0194. The molecule has 2 atom stereocenters. The second kappa shape index (κ2) is 7.88. The normalized spacial score (nSPS) is 19.4. The van der Waals surface area contributed by atoms with Gasteiger partial charge in [-0.2, -0.15) is 0 Å². The number of nitrogen functional groups attached to an aromatic ring is 1. The van der Waals surface area contributed by atoms with Gasteiger partial charge in [-0.15, -0.1) is 5.10 Å². The molecule has 154 valence electrons. The number of aromatic nitrogens is 3. The lowest BCUT2D eigenvalue weighted by Crippen LogP contribution is -2.25. The van der Waals surface area contributed by atoms with Crippen molar-refractivity contribution in [2.75, 3.05) is 30.3 Å². The molecule has 7 nitrogen and oxygen atoms in total. The summed E-state index contributed by atoms with van der Waals surface area (Å²) >= 11 is 0. The van der Waals surface area contributed by atoms with Crippen LogP contribution in [0.5, 0.6) is 0 Å². The van der Waals surface area contributed by atoms with Crippen molar-refractivity contribution in [1.29, 1.82) is 0 Å². The number of aliphatic hydroxyl groups excluding tert-OH is 1. The minimum atomic E-state index is -1.19. The molecule has 29 heavy (non-hydrogen) atoms. The van der Waals surface area contributed by atoms with Crippen LogP contribution in [0, 0.1) is 11.6 Å². The molecule has 0 saturated carbocycles. The Labute approximate surface area is 165 Å². The van der Waals surface area contributed by atoms with E-state index in [9.17, 15) is 13.2 Å².